The molecule has 0 fully saturated rings. The van der Waals surface area contributed by atoms with E-state index < -0.39 is 17.6 Å². The van der Waals surface area contributed by atoms with Crippen LogP contribution in [0.5, 0.6) is 0 Å². The molecular formula is C27H19ClN4O2S. The van der Waals surface area contributed by atoms with Crippen LogP contribution >= 0.6 is 23.4 Å². The van der Waals surface area contributed by atoms with Gasteiger partial charge in [-0.1, -0.05) is 60.1 Å². The summed E-state index contributed by atoms with van der Waals surface area (Å²) in [6.07, 6.45) is 0. The molecule has 0 spiro atoms. The van der Waals surface area contributed by atoms with Gasteiger partial charge in [0.05, 0.1) is 17.5 Å². The molecule has 0 saturated heterocycles. The number of nitrogens with one attached hydrogen (secondary N) is 1. The van der Waals surface area contributed by atoms with Crippen LogP contribution < -0.4 is 5.32 Å². The predicted molar refractivity (Wildman–Crippen MR) is 135 cm³/mol. The number of carbonyl (C=O) groups is 2. The molecule has 6 nitrogen and oxygen atoms in total. The molecule has 1 aromatic heterocycles. The molecule has 2 heterocycles. The summed E-state index contributed by atoms with van der Waals surface area (Å²) in [4.78, 5) is 27.4. The van der Waals surface area contributed by atoms with Crippen molar-refractivity contribution < 1.29 is 9.59 Å². The van der Waals surface area contributed by atoms with Crippen LogP contribution in [0.1, 0.15) is 21.6 Å². The largest absolute Gasteiger partial charge is 0.350 e. The molecule has 1 amide bonds. The Kier molecular flexibility index (Phi) is 6.41. The summed E-state index contributed by atoms with van der Waals surface area (Å²) in [7, 11) is 0. The lowest BCUT2D eigenvalue weighted by Gasteiger charge is -2.18. The summed E-state index contributed by atoms with van der Waals surface area (Å²) in [5.41, 5.74) is 4.07. The fourth-order valence-electron chi connectivity index (χ4n) is 4.04. The van der Waals surface area contributed by atoms with Gasteiger partial charge in [-0.15, -0.1) is 11.8 Å². The van der Waals surface area contributed by atoms with Crippen LogP contribution in [-0.4, -0.2) is 21.5 Å². The fourth-order valence-corrected chi connectivity index (χ4v) is 5.26. The first-order chi connectivity index (χ1) is 17.1. The van der Waals surface area contributed by atoms with Crippen molar-refractivity contribution >= 4 is 35.1 Å². The number of halogens is 1. The van der Waals surface area contributed by atoms with Crippen molar-refractivity contribution in [1.82, 2.24) is 15.1 Å². The summed E-state index contributed by atoms with van der Waals surface area (Å²) in [6, 6.07) is 26.3. The van der Waals surface area contributed by atoms with Gasteiger partial charge in [-0.2, -0.15) is 10.4 Å². The first-order valence-corrected chi connectivity index (χ1v) is 12.3. The molecule has 0 saturated carbocycles. The lowest BCUT2D eigenvalue weighted by Crippen LogP contribution is -2.34. The standard InChI is InChI=1S/C27H19ClN4O2S/c28-18-11-12-23-20(13-18)25-22(16-35-23)24(31-32(25)19-9-5-2-6-10-19)26(33)21(14-29)27(34)30-15-17-7-3-1-4-8-17/h1-13,21H,15-16H2,(H,30,34). The van der Waals surface area contributed by atoms with Crippen molar-refractivity contribution in [1.29, 1.82) is 5.26 Å². The molecule has 4 aromatic rings. The number of nitrogens with zero attached hydrogens (tertiary/aromatic N) is 3. The van der Waals surface area contributed by atoms with Gasteiger partial charge in [0, 0.05) is 33.3 Å². The van der Waals surface area contributed by atoms with Gasteiger partial charge in [0.25, 0.3) is 0 Å². The summed E-state index contributed by atoms with van der Waals surface area (Å²) >= 11 is 7.88. The van der Waals surface area contributed by atoms with Crippen LogP contribution in [0.15, 0.2) is 83.8 Å². The van der Waals surface area contributed by atoms with Crippen LogP contribution in [0.25, 0.3) is 16.9 Å². The van der Waals surface area contributed by atoms with Crippen LogP contribution in [0.3, 0.4) is 0 Å². The van der Waals surface area contributed by atoms with Gasteiger partial charge in [-0.25, -0.2) is 4.68 Å². The highest BCUT2D eigenvalue weighted by molar-refractivity contribution is 7.98. The van der Waals surface area contributed by atoms with E-state index in [4.69, 9.17) is 11.6 Å². The highest BCUT2D eigenvalue weighted by Crippen LogP contribution is 2.45. The van der Waals surface area contributed by atoms with Gasteiger partial charge in [0.15, 0.2) is 5.92 Å². The lowest BCUT2D eigenvalue weighted by atomic mass is 9.97. The van der Waals surface area contributed by atoms with Gasteiger partial charge in [-0.3, -0.25) is 9.59 Å². The van der Waals surface area contributed by atoms with Crippen LogP contribution in [0.4, 0.5) is 0 Å². The maximum Gasteiger partial charge on any atom is 0.245 e. The summed E-state index contributed by atoms with van der Waals surface area (Å²) in [6.45, 7) is 0.226. The second-order valence-electron chi connectivity index (χ2n) is 7.98. The van der Waals surface area contributed by atoms with E-state index in [1.807, 2.05) is 84.9 Å². The number of rotatable bonds is 6. The smallest absolute Gasteiger partial charge is 0.245 e. The number of thioether (sulfide) groups is 1. The first kappa shape index (κ1) is 22.9. The van der Waals surface area contributed by atoms with Gasteiger partial charge < -0.3 is 5.32 Å². The Hall–Kier alpha value is -3.86. The molecule has 3 aromatic carbocycles. The minimum Gasteiger partial charge on any atom is -0.350 e. The van der Waals surface area contributed by atoms with E-state index >= 15 is 0 Å². The topological polar surface area (TPSA) is 87.8 Å². The third kappa shape index (κ3) is 4.46. The molecule has 1 aliphatic heterocycles. The molecule has 0 bridgehead atoms. The molecule has 35 heavy (non-hydrogen) atoms. The Bertz CT molecular complexity index is 1460. The van der Waals surface area contributed by atoms with E-state index in [1.165, 1.54) is 0 Å². The average molecular weight is 499 g/mol. The van der Waals surface area contributed by atoms with Gasteiger partial charge in [-0.05, 0) is 35.9 Å². The van der Waals surface area contributed by atoms with Gasteiger partial charge in [0.1, 0.15) is 5.69 Å². The monoisotopic (exact) mass is 498 g/mol. The summed E-state index contributed by atoms with van der Waals surface area (Å²) < 4.78 is 1.70. The van der Waals surface area contributed by atoms with E-state index in [-0.39, 0.29) is 12.2 Å². The normalized spacial score (nSPS) is 12.7. The summed E-state index contributed by atoms with van der Waals surface area (Å²) in [5, 5.41) is 17.7. The van der Waals surface area contributed by atoms with Gasteiger partial charge >= 0.3 is 0 Å². The molecule has 1 aliphatic rings. The SMILES string of the molecule is N#CC(C(=O)NCc1ccccc1)C(=O)c1nn(-c2ccccc2)c2c1CSc1ccc(Cl)cc1-2. The molecule has 1 atom stereocenters. The van der Waals surface area contributed by atoms with Crippen molar-refractivity contribution in [3.63, 3.8) is 0 Å². The van der Waals surface area contributed by atoms with Crippen molar-refractivity contribution in [2.75, 3.05) is 0 Å². The molecule has 1 N–H and O–H groups in total. The lowest BCUT2D eigenvalue weighted by molar-refractivity contribution is -0.122. The second kappa shape index (κ2) is 9.79. The fraction of sp³-hybridized carbons (Fsp3) is 0.111. The number of amides is 1. The predicted octanol–water partition coefficient (Wildman–Crippen LogP) is 5.44. The number of nitriles is 1. The molecule has 0 radical (unpaired) electrons. The highest BCUT2D eigenvalue weighted by atomic mass is 35.5. The Balaban J connectivity index is 1.54. The maximum absolute atomic E-state index is 13.5. The van der Waals surface area contributed by atoms with E-state index in [0.29, 0.717) is 16.3 Å². The quantitative estimate of drug-likeness (QED) is 0.282. The zero-order valence-electron chi connectivity index (χ0n) is 18.4. The van der Waals surface area contributed by atoms with E-state index in [9.17, 15) is 14.9 Å². The number of hydrogen-bond donors (Lipinski definition) is 1. The molecular weight excluding hydrogens is 480 g/mol. The minimum atomic E-state index is -1.51. The Morgan fingerprint density at radius 2 is 1.80 bits per heavy atom. The third-order valence-electron chi connectivity index (χ3n) is 5.75. The van der Waals surface area contributed by atoms with E-state index in [2.05, 4.69) is 10.4 Å². The first-order valence-electron chi connectivity index (χ1n) is 10.9. The Morgan fingerprint density at radius 3 is 2.51 bits per heavy atom. The van der Waals surface area contributed by atoms with Crippen LogP contribution in [-0.2, 0) is 17.1 Å². The molecule has 5 rings (SSSR count). The van der Waals surface area contributed by atoms with Crippen molar-refractivity contribution in [3.8, 4) is 23.0 Å². The number of ketones is 1. The van der Waals surface area contributed by atoms with E-state index in [0.717, 1.165) is 27.4 Å². The number of aromatic nitrogens is 2. The van der Waals surface area contributed by atoms with Crippen molar-refractivity contribution in [3.05, 3.63) is 101 Å². The number of hydrogen-bond acceptors (Lipinski definition) is 5. The zero-order chi connectivity index (χ0) is 24.4. The van der Waals surface area contributed by atoms with Crippen molar-refractivity contribution in [2.24, 2.45) is 5.92 Å². The number of carbonyl (C=O) groups excluding carboxylic acids is 2. The second-order valence-corrected chi connectivity index (χ2v) is 9.44. The minimum absolute atomic E-state index is 0.128. The Labute approximate surface area is 211 Å². The van der Waals surface area contributed by atoms with Crippen LogP contribution in [0.2, 0.25) is 5.02 Å². The number of benzene rings is 3. The third-order valence-corrected chi connectivity index (χ3v) is 7.08. The van der Waals surface area contributed by atoms with Crippen LogP contribution in [0, 0.1) is 17.2 Å². The Morgan fingerprint density at radius 1 is 1.09 bits per heavy atom. The van der Waals surface area contributed by atoms with Crippen molar-refractivity contribution in [2.45, 2.75) is 17.2 Å². The molecule has 172 valence electrons. The number of para-hydroxylation sites is 1. The number of fused-ring (bicyclic) bond motifs is 3. The van der Waals surface area contributed by atoms with E-state index in [1.54, 1.807) is 16.4 Å². The molecule has 0 aliphatic carbocycles. The average Bonchev–Trinajstić information content (AvgIpc) is 3.29. The maximum atomic E-state index is 13.5. The molecule has 1 unspecified atom stereocenters. The van der Waals surface area contributed by atoms with Gasteiger partial charge in [0.2, 0.25) is 11.7 Å². The highest BCUT2D eigenvalue weighted by Gasteiger charge is 2.35. The zero-order valence-corrected chi connectivity index (χ0v) is 20.0. The number of Topliss-reactive ketones (excluding diaryl/α,β-unsaturated/α-hetero) is 1. The molecule has 8 heteroatoms. The summed E-state index contributed by atoms with van der Waals surface area (Å²) in [5.74, 6) is -2.28.